The van der Waals surface area contributed by atoms with Crippen LogP contribution in [0.25, 0.3) is 27.4 Å². The summed E-state index contributed by atoms with van der Waals surface area (Å²) in [6, 6.07) is 11.9. The van der Waals surface area contributed by atoms with Gasteiger partial charge in [-0.25, -0.2) is 4.98 Å². The largest absolute Gasteiger partial charge is 0.493 e. The first-order valence-corrected chi connectivity index (χ1v) is 11.3. The van der Waals surface area contributed by atoms with Crippen molar-refractivity contribution in [3.63, 3.8) is 0 Å². The lowest BCUT2D eigenvalue weighted by molar-refractivity contribution is 0.0963. The Labute approximate surface area is 197 Å². The van der Waals surface area contributed by atoms with Crippen LogP contribution in [0.1, 0.15) is 27.9 Å². The molecule has 0 fully saturated rings. The fourth-order valence-corrected chi connectivity index (χ4v) is 4.40. The molecule has 4 heterocycles. The molecule has 0 atom stereocenters. The fourth-order valence-electron chi connectivity index (χ4n) is 4.40. The molecular formula is C26H27N5O3. The van der Waals surface area contributed by atoms with Crippen molar-refractivity contribution in [2.24, 2.45) is 7.05 Å². The maximum absolute atomic E-state index is 11.7. The van der Waals surface area contributed by atoms with E-state index in [4.69, 9.17) is 15.2 Å². The van der Waals surface area contributed by atoms with E-state index in [0.717, 1.165) is 60.2 Å². The molecule has 8 heteroatoms. The molecule has 0 saturated heterocycles. The zero-order valence-corrected chi connectivity index (χ0v) is 19.3. The van der Waals surface area contributed by atoms with Gasteiger partial charge in [-0.15, -0.1) is 0 Å². The second-order valence-corrected chi connectivity index (χ2v) is 8.31. The number of aryl methyl sites for hydroxylation is 1. The molecule has 3 N–H and O–H groups in total. The summed E-state index contributed by atoms with van der Waals surface area (Å²) in [5, 5.41) is 8.47. The highest BCUT2D eigenvalue weighted by Crippen LogP contribution is 2.31. The van der Waals surface area contributed by atoms with Gasteiger partial charge >= 0.3 is 0 Å². The van der Waals surface area contributed by atoms with Crippen molar-refractivity contribution in [1.29, 1.82) is 0 Å². The van der Waals surface area contributed by atoms with Crippen molar-refractivity contribution < 1.29 is 14.3 Å². The van der Waals surface area contributed by atoms with Crippen molar-refractivity contribution >= 4 is 39.1 Å². The van der Waals surface area contributed by atoms with Gasteiger partial charge < -0.3 is 20.5 Å². The molecule has 2 aromatic heterocycles. The van der Waals surface area contributed by atoms with Crippen LogP contribution in [0.3, 0.4) is 0 Å². The molecule has 6 rings (SSSR count). The Morgan fingerprint density at radius 1 is 1.12 bits per heavy atom. The highest BCUT2D eigenvalue weighted by atomic mass is 16.5. The molecule has 34 heavy (non-hydrogen) atoms. The minimum absolute atomic E-state index is 0.131. The quantitative estimate of drug-likeness (QED) is 0.478. The molecule has 8 nitrogen and oxygen atoms in total. The molecule has 0 bridgehead atoms. The summed E-state index contributed by atoms with van der Waals surface area (Å²) in [5.74, 6) is 1.39. The number of ether oxygens (including phenoxy) is 2. The van der Waals surface area contributed by atoms with Crippen LogP contribution < -0.4 is 15.8 Å². The second-order valence-electron chi connectivity index (χ2n) is 8.31. The number of nitrogens with two attached hydrogens (primary N) is 1. The van der Waals surface area contributed by atoms with Crippen molar-refractivity contribution in [3.8, 4) is 5.75 Å². The normalized spacial score (nSPS) is 14.7. The van der Waals surface area contributed by atoms with E-state index >= 15 is 0 Å². The van der Waals surface area contributed by atoms with Gasteiger partial charge in [-0.1, -0.05) is 18.2 Å². The van der Waals surface area contributed by atoms with Crippen LogP contribution in [0.2, 0.25) is 0 Å². The molecule has 0 spiro atoms. The number of nitrogen functional groups attached to an aromatic ring is 1. The first-order valence-electron chi connectivity index (χ1n) is 11.3. The predicted molar refractivity (Wildman–Crippen MR) is 133 cm³/mol. The molecule has 1 amide bonds. The summed E-state index contributed by atoms with van der Waals surface area (Å²) in [4.78, 5) is 16.0. The summed E-state index contributed by atoms with van der Waals surface area (Å²) in [6.45, 7) is 2.41. The number of benzene rings is 2. The SMILES string of the molecule is C1=C(c2ccc3c(c2)OCC3)CCOC1.CNC(=O)c1ccc2nc(N)c3cnn(C)c3c2c1. The Morgan fingerprint density at radius 2 is 2.00 bits per heavy atom. The lowest BCUT2D eigenvalue weighted by atomic mass is 9.99. The lowest BCUT2D eigenvalue weighted by Gasteiger charge is -2.14. The molecule has 0 radical (unpaired) electrons. The Balaban J connectivity index is 0.000000145. The van der Waals surface area contributed by atoms with Crippen LogP contribution in [-0.4, -0.2) is 47.5 Å². The van der Waals surface area contributed by atoms with Crippen LogP contribution in [0.5, 0.6) is 5.75 Å². The lowest BCUT2D eigenvalue weighted by Crippen LogP contribution is -2.17. The number of amides is 1. The number of carbonyl (C=O) groups excluding carboxylic acids is 1. The van der Waals surface area contributed by atoms with Gasteiger partial charge in [0.05, 0.1) is 42.4 Å². The van der Waals surface area contributed by atoms with Crippen molar-refractivity contribution in [1.82, 2.24) is 20.1 Å². The molecule has 0 aliphatic carbocycles. The van der Waals surface area contributed by atoms with E-state index in [1.54, 1.807) is 30.1 Å². The predicted octanol–water partition coefficient (Wildman–Crippen LogP) is 3.49. The number of pyridine rings is 1. The molecule has 2 aromatic carbocycles. The van der Waals surface area contributed by atoms with Crippen molar-refractivity contribution in [2.75, 3.05) is 32.6 Å². The van der Waals surface area contributed by atoms with E-state index in [0.29, 0.717) is 11.4 Å². The number of nitrogens with one attached hydrogen (secondary N) is 1. The number of anilines is 1. The van der Waals surface area contributed by atoms with Gasteiger partial charge in [-0.05, 0) is 47.4 Å². The zero-order valence-electron chi connectivity index (χ0n) is 19.3. The summed E-state index contributed by atoms with van der Waals surface area (Å²) in [7, 11) is 3.45. The van der Waals surface area contributed by atoms with Crippen LogP contribution in [-0.2, 0) is 18.2 Å². The van der Waals surface area contributed by atoms with Gasteiger partial charge in [0.2, 0.25) is 0 Å². The van der Waals surface area contributed by atoms with Gasteiger partial charge in [0.25, 0.3) is 5.91 Å². The average molecular weight is 458 g/mol. The first-order chi connectivity index (χ1) is 16.5. The van der Waals surface area contributed by atoms with E-state index in [-0.39, 0.29) is 5.91 Å². The van der Waals surface area contributed by atoms with E-state index in [9.17, 15) is 4.79 Å². The van der Waals surface area contributed by atoms with Crippen LogP contribution >= 0.6 is 0 Å². The minimum atomic E-state index is -0.131. The van der Waals surface area contributed by atoms with E-state index in [2.05, 4.69) is 39.7 Å². The number of nitrogens with zero attached hydrogens (tertiary/aromatic N) is 3. The maximum atomic E-state index is 11.7. The third-order valence-electron chi connectivity index (χ3n) is 6.23. The highest BCUT2D eigenvalue weighted by molar-refractivity contribution is 6.10. The molecule has 2 aliphatic heterocycles. The topological polar surface area (TPSA) is 104 Å². The monoisotopic (exact) mass is 457 g/mol. The Bertz CT molecular complexity index is 1420. The number of carbonyl (C=O) groups is 1. The van der Waals surface area contributed by atoms with Gasteiger partial charge in [0.1, 0.15) is 11.6 Å². The highest BCUT2D eigenvalue weighted by Gasteiger charge is 2.15. The van der Waals surface area contributed by atoms with Crippen molar-refractivity contribution in [2.45, 2.75) is 12.8 Å². The molecular weight excluding hydrogens is 430 g/mol. The summed E-state index contributed by atoms with van der Waals surface area (Å²) >= 11 is 0. The standard InChI is InChI=1S/C13H13N5O.C13H14O2/c1-15-13(19)7-3-4-10-8(5-7)11-9(12(14)17-10)6-16-18(11)2;1-2-12(10-3-6-14-7-4-10)9-13-11(1)5-8-15-13/h3-6H,1-2H3,(H2,14,17)(H,15,19);1-3,9H,4-8H2. The summed E-state index contributed by atoms with van der Waals surface area (Å²) in [5.41, 5.74) is 12.2. The van der Waals surface area contributed by atoms with Crippen LogP contribution in [0.15, 0.2) is 48.7 Å². The number of aromatic nitrogens is 3. The van der Waals surface area contributed by atoms with E-state index < -0.39 is 0 Å². The number of rotatable bonds is 2. The van der Waals surface area contributed by atoms with Gasteiger partial charge in [0.15, 0.2) is 0 Å². The number of hydrogen-bond acceptors (Lipinski definition) is 6. The maximum Gasteiger partial charge on any atom is 0.251 e. The van der Waals surface area contributed by atoms with Crippen molar-refractivity contribution in [3.05, 3.63) is 65.4 Å². The van der Waals surface area contributed by atoms with Gasteiger partial charge in [-0.2, -0.15) is 5.10 Å². The van der Waals surface area contributed by atoms with E-state index in [1.807, 2.05) is 13.1 Å². The number of hydrogen-bond donors (Lipinski definition) is 2. The zero-order chi connectivity index (χ0) is 23.7. The summed E-state index contributed by atoms with van der Waals surface area (Å²) in [6.07, 6.45) is 5.92. The van der Waals surface area contributed by atoms with Gasteiger partial charge in [0, 0.05) is 31.5 Å². The number of fused-ring (bicyclic) bond motifs is 4. The third kappa shape index (κ3) is 4.08. The first kappa shape index (κ1) is 21.9. The molecule has 2 aliphatic rings. The fraction of sp³-hybridized carbons (Fsp3) is 0.269. The van der Waals surface area contributed by atoms with Crippen LogP contribution in [0.4, 0.5) is 5.82 Å². The third-order valence-corrected chi connectivity index (χ3v) is 6.23. The van der Waals surface area contributed by atoms with Crippen LogP contribution in [0, 0.1) is 0 Å². The van der Waals surface area contributed by atoms with Gasteiger partial charge in [-0.3, -0.25) is 9.48 Å². The Morgan fingerprint density at radius 3 is 2.79 bits per heavy atom. The smallest absolute Gasteiger partial charge is 0.251 e. The minimum Gasteiger partial charge on any atom is -0.493 e. The van der Waals surface area contributed by atoms with E-state index in [1.165, 1.54) is 16.7 Å². The summed E-state index contributed by atoms with van der Waals surface area (Å²) < 4.78 is 12.6. The Hall–Kier alpha value is -3.91. The molecule has 4 aromatic rings. The molecule has 0 unspecified atom stereocenters. The molecule has 174 valence electrons. The molecule has 0 saturated carbocycles. The Kier molecular flexibility index (Phi) is 5.90. The second kappa shape index (κ2) is 9.15. The average Bonchev–Trinajstić information content (AvgIpc) is 3.51.